The fraction of sp³-hybridized carbons (Fsp3) is 0.316. The van der Waals surface area contributed by atoms with E-state index < -0.39 is 0 Å². The van der Waals surface area contributed by atoms with E-state index in [1.54, 1.807) is 17.0 Å². The first-order valence-electron chi connectivity index (χ1n) is 8.17. The van der Waals surface area contributed by atoms with Crippen LogP contribution in [0.25, 0.3) is 0 Å². The highest BCUT2D eigenvalue weighted by molar-refractivity contribution is 6.03. The minimum absolute atomic E-state index is 0.0262. The number of amides is 2. The lowest BCUT2D eigenvalue weighted by atomic mass is 10.1. The molecule has 2 amide bonds. The van der Waals surface area contributed by atoms with Crippen molar-refractivity contribution in [3.8, 4) is 5.88 Å². The van der Waals surface area contributed by atoms with Crippen LogP contribution in [0.15, 0.2) is 36.5 Å². The lowest BCUT2D eigenvalue weighted by Gasteiger charge is -2.20. The van der Waals surface area contributed by atoms with Gasteiger partial charge in [-0.15, -0.1) is 0 Å². The predicted octanol–water partition coefficient (Wildman–Crippen LogP) is 2.70. The van der Waals surface area contributed by atoms with Gasteiger partial charge in [0.15, 0.2) is 0 Å². The summed E-state index contributed by atoms with van der Waals surface area (Å²) >= 11 is 0. The van der Waals surface area contributed by atoms with Gasteiger partial charge in [0.2, 0.25) is 17.7 Å². The summed E-state index contributed by atoms with van der Waals surface area (Å²) in [6, 6.07) is 9.27. The molecule has 3 rings (SSSR count). The monoisotopic (exact) mass is 339 g/mol. The van der Waals surface area contributed by atoms with Crippen molar-refractivity contribution >= 4 is 23.2 Å². The van der Waals surface area contributed by atoms with Crippen molar-refractivity contribution in [2.45, 2.75) is 20.3 Å². The van der Waals surface area contributed by atoms with Gasteiger partial charge in [0.1, 0.15) is 0 Å². The summed E-state index contributed by atoms with van der Waals surface area (Å²) in [6.45, 7) is 4.40. The Morgan fingerprint density at radius 2 is 2.08 bits per heavy atom. The van der Waals surface area contributed by atoms with E-state index in [4.69, 9.17) is 4.74 Å². The molecule has 1 aliphatic heterocycles. The summed E-state index contributed by atoms with van der Waals surface area (Å²) in [5, 5.41) is 2.82. The number of rotatable bonds is 4. The van der Waals surface area contributed by atoms with E-state index in [0.29, 0.717) is 18.1 Å². The predicted molar refractivity (Wildman–Crippen MR) is 95.8 cm³/mol. The van der Waals surface area contributed by atoms with E-state index >= 15 is 0 Å². The van der Waals surface area contributed by atoms with Crippen molar-refractivity contribution in [2.75, 3.05) is 23.9 Å². The second-order valence-electron chi connectivity index (χ2n) is 6.20. The highest BCUT2D eigenvalue weighted by Gasteiger charge is 2.35. The second kappa shape index (κ2) is 6.93. The van der Waals surface area contributed by atoms with Crippen molar-refractivity contribution in [1.82, 2.24) is 4.98 Å². The van der Waals surface area contributed by atoms with E-state index in [0.717, 1.165) is 16.8 Å². The van der Waals surface area contributed by atoms with Crippen molar-refractivity contribution in [3.63, 3.8) is 0 Å². The number of hydrogen-bond acceptors (Lipinski definition) is 4. The molecule has 0 spiro atoms. The van der Waals surface area contributed by atoms with Crippen LogP contribution in [-0.2, 0) is 9.59 Å². The molecule has 6 nitrogen and oxygen atoms in total. The third-order valence-electron chi connectivity index (χ3n) is 4.58. The number of carbonyl (C=O) groups excluding carboxylic acids is 2. The van der Waals surface area contributed by atoms with Crippen molar-refractivity contribution in [3.05, 3.63) is 47.7 Å². The Labute approximate surface area is 146 Å². The van der Waals surface area contributed by atoms with Crippen LogP contribution in [0.5, 0.6) is 5.88 Å². The standard InChI is InChI=1S/C19H21N3O3/c1-12-5-4-6-16(13(12)2)22-11-14(9-18(22)23)19(24)21-15-7-8-17(25-3)20-10-15/h4-8,10,14H,9,11H2,1-3H3,(H,21,24)/t14-/m1/s1. The number of aromatic nitrogens is 1. The molecular formula is C19H21N3O3. The normalized spacial score (nSPS) is 16.8. The summed E-state index contributed by atoms with van der Waals surface area (Å²) in [7, 11) is 1.53. The van der Waals surface area contributed by atoms with Gasteiger partial charge in [0.05, 0.1) is 24.9 Å². The molecule has 2 heterocycles. The molecule has 1 N–H and O–H groups in total. The number of nitrogens with zero attached hydrogens (tertiary/aromatic N) is 2. The molecule has 0 bridgehead atoms. The van der Waals surface area contributed by atoms with Crippen LogP contribution in [0.2, 0.25) is 0 Å². The van der Waals surface area contributed by atoms with Crippen LogP contribution in [0.1, 0.15) is 17.5 Å². The van der Waals surface area contributed by atoms with E-state index in [2.05, 4.69) is 10.3 Å². The number of pyridine rings is 1. The molecule has 6 heteroatoms. The molecule has 1 saturated heterocycles. The second-order valence-corrected chi connectivity index (χ2v) is 6.20. The van der Waals surface area contributed by atoms with Crippen LogP contribution in [0, 0.1) is 19.8 Å². The number of hydrogen-bond donors (Lipinski definition) is 1. The quantitative estimate of drug-likeness (QED) is 0.930. The van der Waals surface area contributed by atoms with E-state index in [1.807, 2.05) is 32.0 Å². The third kappa shape index (κ3) is 3.47. The summed E-state index contributed by atoms with van der Waals surface area (Å²) < 4.78 is 5.00. The smallest absolute Gasteiger partial charge is 0.229 e. The highest BCUT2D eigenvalue weighted by Crippen LogP contribution is 2.30. The minimum Gasteiger partial charge on any atom is -0.481 e. The summed E-state index contributed by atoms with van der Waals surface area (Å²) in [5.74, 6) is -0.0977. The molecule has 0 unspecified atom stereocenters. The summed E-state index contributed by atoms with van der Waals surface area (Å²) in [6.07, 6.45) is 1.75. The van der Waals surface area contributed by atoms with Crippen LogP contribution >= 0.6 is 0 Å². The lowest BCUT2D eigenvalue weighted by Crippen LogP contribution is -2.28. The molecule has 25 heavy (non-hydrogen) atoms. The zero-order valence-corrected chi connectivity index (χ0v) is 14.6. The number of carbonyl (C=O) groups is 2. The van der Waals surface area contributed by atoms with Gasteiger partial charge >= 0.3 is 0 Å². The zero-order chi connectivity index (χ0) is 18.0. The fourth-order valence-electron chi connectivity index (χ4n) is 2.96. The Kier molecular flexibility index (Phi) is 4.70. The Balaban J connectivity index is 1.71. The minimum atomic E-state index is -0.380. The van der Waals surface area contributed by atoms with Gasteiger partial charge in [-0.1, -0.05) is 12.1 Å². The molecule has 0 saturated carbocycles. The Bertz CT molecular complexity index is 802. The Morgan fingerprint density at radius 1 is 1.28 bits per heavy atom. The van der Waals surface area contributed by atoms with Gasteiger partial charge in [-0.2, -0.15) is 0 Å². The van der Waals surface area contributed by atoms with Crippen LogP contribution in [-0.4, -0.2) is 30.5 Å². The topological polar surface area (TPSA) is 71.5 Å². The molecule has 0 radical (unpaired) electrons. The number of benzene rings is 1. The van der Waals surface area contributed by atoms with Crippen LogP contribution in [0.4, 0.5) is 11.4 Å². The molecule has 1 atom stereocenters. The van der Waals surface area contributed by atoms with Gasteiger partial charge in [-0.05, 0) is 37.1 Å². The molecule has 130 valence electrons. The number of nitrogens with one attached hydrogen (secondary N) is 1. The first kappa shape index (κ1) is 17.0. The number of ether oxygens (including phenoxy) is 1. The molecular weight excluding hydrogens is 318 g/mol. The number of aryl methyl sites for hydroxylation is 1. The molecule has 1 aliphatic rings. The molecule has 1 aromatic carbocycles. The van der Waals surface area contributed by atoms with Crippen molar-refractivity contribution in [2.24, 2.45) is 5.92 Å². The first-order valence-corrected chi connectivity index (χ1v) is 8.17. The first-order chi connectivity index (χ1) is 12.0. The zero-order valence-electron chi connectivity index (χ0n) is 14.6. The third-order valence-corrected chi connectivity index (χ3v) is 4.58. The lowest BCUT2D eigenvalue weighted by molar-refractivity contribution is -0.122. The van der Waals surface area contributed by atoms with Crippen LogP contribution in [0.3, 0.4) is 0 Å². The van der Waals surface area contributed by atoms with E-state index in [-0.39, 0.29) is 24.2 Å². The van der Waals surface area contributed by atoms with E-state index in [9.17, 15) is 9.59 Å². The molecule has 1 fully saturated rings. The van der Waals surface area contributed by atoms with Gasteiger partial charge in [0.25, 0.3) is 0 Å². The molecule has 2 aromatic rings. The molecule has 0 aliphatic carbocycles. The van der Waals surface area contributed by atoms with Gasteiger partial charge in [-0.3, -0.25) is 9.59 Å². The van der Waals surface area contributed by atoms with Gasteiger partial charge in [0, 0.05) is 24.7 Å². The largest absolute Gasteiger partial charge is 0.481 e. The maximum atomic E-state index is 12.5. The number of anilines is 2. The maximum absolute atomic E-state index is 12.5. The highest BCUT2D eigenvalue weighted by atomic mass is 16.5. The number of methoxy groups -OCH3 is 1. The average molecular weight is 339 g/mol. The SMILES string of the molecule is COc1ccc(NC(=O)[C@@H]2CC(=O)N(c3cccc(C)c3C)C2)cn1. The fourth-order valence-corrected chi connectivity index (χ4v) is 2.96. The molecule has 1 aromatic heterocycles. The average Bonchev–Trinajstić information content (AvgIpc) is 3.00. The van der Waals surface area contributed by atoms with Gasteiger partial charge in [-0.25, -0.2) is 4.98 Å². The van der Waals surface area contributed by atoms with Crippen molar-refractivity contribution < 1.29 is 14.3 Å². The maximum Gasteiger partial charge on any atom is 0.229 e. The van der Waals surface area contributed by atoms with Crippen LogP contribution < -0.4 is 15.0 Å². The van der Waals surface area contributed by atoms with Gasteiger partial charge < -0.3 is 15.0 Å². The Hall–Kier alpha value is -2.89. The van der Waals surface area contributed by atoms with E-state index in [1.165, 1.54) is 13.3 Å². The Morgan fingerprint density at radius 3 is 2.76 bits per heavy atom. The summed E-state index contributed by atoms with van der Waals surface area (Å²) in [5.41, 5.74) is 3.66. The van der Waals surface area contributed by atoms with Crippen molar-refractivity contribution in [1.29, 1.82) is 0 Å². The summed E-state index contributed by atoms with van der Waals surface area (Å²) in [4.78, 5) is 30.7.